The number of aromatic nitrogens is 1. The van der Waals surface area contributed by atoms with Crippen LogP contribution in [0.2, 0.25) is 0 Å². The fourth-order valence-corrected chi connectivity index (χ4v) is 4.48. The fraction of sp³-hybridized carbons (Fsp3) is 0.476. The second-order valence-corrected chi connectivity index (χ2v) is 8.13. The van der Waals surface area contributed by atoms with E-state index in [1.807, 2.05) is 49.1 Å². The summed E-state index contributed by atoms with van der Waals surface area (Å²) in [5.41, 5.74) is 1.16. The van der Waals surface area contributed by atoms with Gasteiger partial charge in [-0.3, -0.25) is 14.6 Å². The Hall–Kier alpha value is -2.43. The maximum absolute atomic E-state index is 12.9. The van der Waals surface area contributed by atoms with Crippen molar-refractivity contribution in [2.24, 2.45) is 11.8 Å². The average molecular weight is 351 g/mol. The number of piperidine rings is 1. The van der Waals surface area contributed by atoms with Crippen molar-refractivity contribution in [3.05, 3.63) is 42.1 Å². The van der Waals surface area contributed by atoms with Crippen LogP contribution in [0.15, 0.2) is 36.5 Å². The molecule has 2 heterocycles. The van der Waals surface area contributed by atoms with E-state index in [1.54, 1.807) is 6.20 Å². The number of hydrogen-bond donors (Lipinski definition) is 1. The van der Waals surface area contributed by atoms with Crippen molar-refractivity contribution in [2.75, 3.05) is 13.1 Å². The lowest BCUT2D eigenvalue weighted by Crippen LogP contribution is -2.58. The summed E-state index contributed by atoms with van der Waals surface area (Å²) in [4.78, 5) is 31.7. The zero-order chi connectivity index (χ0) is 18.3. The molecule has 0 spiro atoms. The summed E-state index contributed by atoms with van der Waals surface area (Å²) in [6.45, 7) is 5.32. The second kappa shape index (κ2) is 6.38. The van der Waals surface area contributed by atoms with E-state index < -0.39 is 0 Å². The maximum atomic E-state index is 12.9. The van der Waals surface area contributed by atoms with Crippen molar-refractivity contribution in [2.45, 2.75) is 38.6 Å². The van der Waals surface area contributed by atoms with Crippen LogP contribution in [0.25, 0.3) is 10.9 Å². The maximum Gasteiger partial charge on any atom is 0.251 e. The molecule has 1 aromatic heterocycles. The minimum absolute atomic E-state index is 0.00758. The number of nitrogens with one attached hydrogen (secondary N) is 1. The number of benzene rings is 1. The zero-order valence-electron chi connectivity index (χ0n) is 15.4. The molecule has 2 fully saturated rings. The van der Waals surface area contributed by atoms with Crippen LogP contribution in [0, 0.1) is 11.8 Å². The monoisotopic (exact) mass is 351 g/mol. The van der Waals surface area contributed by atoms with Crippen molar-refractivity contribution in [3.8, 4) is 0 Å². The summed E-state index contributed by atoms with van der Waals surface area (Å²) in [6, 6.07) is 9.50. The van der Waals surface area contributed by atoms with Gasteiger partial charge in [0, 0.05) is 36.2 Å². The Morgan fingerprint density at radius 2 is 2.15 bits per heavy atom. The number of likely N-dealkylation sites (tertiary alicyclic amines) is 1. The van der Waals surface area contributed by atoms with E-state index in [0.717, 1.165) is 36.7 Å². The first-order valence-electron chi connectivity index (χ1n) is 9.42. The van der Waals surface area contributed by atoms with Gasteiger partial charge >= 0.3 is 0 Å². The molecule has 136 valence electrons. The average Bonchev–Trinajstić information content (AvgIpc) is 2.94. The Balaban J connectivity index is 1.54. The first-order valence-corrected chi connectivity index (χ1v) is 9.42. The number of nitrogens with zero attached hydrogens (tertiary/aromatic N) is 2. The highest BCUT2D eigenvalue weighted by Crippen LogP contribution is 2.40. The molecule has 5 nitrogen and oxygen atoms in total. The van der Waals surface area contributed by atoms with Crippen molar-refractivity contribution >= 4 is 22.7 Å². The molecule has 2 amide bonds. The van der Waals surface area contributed by atoms with E-state index in [0.29, 0.717) is 18.0 Å². The molecule has 1 aliphatic heterocycles. The molecule has 1 aromatic carbocycles. The van der Waals surface area contributed by atoms with Gasteiger partial charge in [-0.05, 0) is 43.4 Å². The van der Waals surface area contributed by atoms with Crippen LogP contribution in [-0.2, 0) is 4.79 Å². The summed E-state index contributed by atoms with van der Waals surface area (Å²) in [7, 11) is 0. The molecule has 0 radical (unpaired) electrons. The highest BCUT2D eigenvalue weighted by atomic mass is 16.2. The van der Waals surface area contributed by atoms with Crippen LogP contribution in [0.3, 0.4) is 0 Å². The highest BCUT2D eigenvalue weighted by Gasteiger charge is 2.47. The molecular formula is C21H25N3O2. The number of hydrogen-bond acceptors (Lipinski definition) is 3. The number of carbonyl (C=O) groups excluding carboxylic acids is 2. The van der Waals surface area contributed by atoms with Crippen molar-refractivity contribution < 1.29 is 9.59 Å². The number of fused-ring (bicyclic) bond motifs is 3. The Bertz CT molecular complexity index is 863. The molecule has 2 bridgehead atoms. The molecule has 2 unspecified atom stereocenters. The van der Waals surface area contributed by atoms with Gasteiger partial charge in [0.05, 0.1) is 11.1 Å². The Morgan fingerprint density at radius 1 is 1.31 bits per heavy atom. The number of amides is 2. The largest absolute Gasteiger partial charge is 0.345 e. The molecule has 4 rings (SSSR count). The zero-order valence-corrected chi connectivity index (χ0v) is 15.4. The van der Waals surface area contributed by atoms with Gasteiger partial charge in [0.25, 0.3) is 5.91 Å². The van der Waals surface area contributed by atoms with Crippen molar-refractivity contribution in [3.63, 3.8) is 0 Å². The first kappa shape index (κ1) is 17.0. The summed E-state index contributed by atoms with van der Waals surface area (Å²) in [5, 5.41) is 4.29. The Kier molecular flexibility index (Phi) is 4.17. The summed E-state index contributed by atoms with van der Waals surface area (Å²) >= 11 is 0. The second-order valence-electron chi connectivity index (χ2n) is 8.13. The van der Waals surface area contributed by atoms with E-state index in [1.165, 1.54) is 0 Å². The summed E-state index contributed by atoms with van der Waals surface area (Å²) in [5.74, 6) is 0.596. The standard InChI is InChI=1S/C21H25N3O2/c1-14(2)20(26)24-12-15-7-8-21(11-15,13-24)23-19(25)17-6-5-16-4-3-9-22-18(16)10-17/h3-6,9-10,14-15H,7-8,11-13H2,1-2H3,(H,23,25). The van der Waals surface area contributed by atoms with Gasteiger partial charge in [-0.2, -0.15) is 0 Å². The molecule has 1 saturated heterocycles. The first-order chi connectivity index (χ1) is 12.5. The van der Waals surface area contributed by atoms with E-state index in [9.17, 15) is 9.59 Å². The van der Waals surface area contributed by atoms with Crippen molar-refractivity contribution in [1.82, 2.24) is 15.2 Å². The molecule has 2 atom stereocenters. The van der Waals surface area contributed by atoms with Crippen molar-refractivity contribution in [1.29, 1.82) is 0 Å². The van der Waals surface area contributed by atoms with E-state index >= 15 is 0 Å². The Morgan fingerprint density at radius 3 is 2.96 bits per heavy atom. The van der Waals surface area contributed by atoms with E-state index in [2.05, 4.69) is 10.3 Å². The quantitative estimate of drug-likeness (QED) is 0.925. The molecule has 2 aromatic rings. The van der Waals surface area contributed by atoms with Crippen LogP contribution in [0.5, 0.6) is 0 Å². The van der Waals surface area contributed by atoms with Gasteiger partial charge in [0.1, 0.15) is 0 Å². The third kappa shape index (κ3) is 3.06. The summed E-state index contributed by atoms with van der Waals surface area (Å²) in [6.07, 6.45) is 4.71. The van der Waals surface area contributed by atoms with Crippen LogP contribution in [0.1, 0.15) is 43.5 Å². The number of rotatable bonds is 3. The summed E-state index contributed by atoms with van der Waals surface area (Å²) < 4.78 is 0. The van der Waals surface area contributed by atoms with E-state index in [4.69, 9.17) is 0 Å². The lowest BCUT2D eigenvalue weighted by Gasteiger charge is -2.41. The number of pyridine rings is 1. The van der Waals surface area contributed by atoms with Crippen LogP contribution < -0.4 is 5.32 Å². The lowest BCUT2D eigenvalue weighted by atomic mass is 9.89. The van der Waals surface area contributed by atoms with Gasteiger partial charge in [0.2, 0.25) is 5.91 Å². The molecule has 5 heteroatoms. The van der Waals surface area contributed by atoms with Crippen LogP contribution in [-0.4, -0.2) is 40.3 Å². The van der Waals surface area contributed by atoms with Gasteiger partial charge in [-0.25, -0.2) is 0 Å². The number of carbonyl (C=O) groups is 2. The molecule has 1 N–H and O–H groups in total. The molecule has 1 aliphatic carbocycles. The molecular weight excluding hydrogens is 326 g/mol. The minimum atomic E-state index is -0.288. The normalized spacial score (nSPS) is 24.9. The Labute approximate surface area is 153 Å². The smallest absolute Gasteiger partial charge is 0.251 e. The molecule has 26 heavy (non-hydrogen) atoms. The highest BCUT2D eigenvalue weighted by molar-refractivity contribution is 5.98. The predicted molar refractivity (Wildman–Crippen MR) is 101 cm³/mol. The minimum Gasteiger partial charge on any atom is -0.345 e. The van der Waals surface area contributed by atoms with Gasteiger partial charge in [0.15, 0.2) is 0 Å². The SMILES string of the molecule is CC(C)C(=O)N1CC2CCC(NC(=O)c3ccc4cccnc4c3)(C2)C1. The predicted octanol–water partition coefficient (Wildman–Crippen LogP) is 3.00. The van der Waals surface area contributed by atoms with Crippen LogP contribution >= 0.6 is 0 Å². The van der Waals surface area contributed by atoms with Gasteiger partial charge < -0.3 is 10.2 Å². The fourth-order valence-electron chi connectivity index (χ4n) is 4.48. The van der Waals surface area contributed by atoms with Crippen LogP contribution in [0.4, 0.5) is 0 Å². The van der Waals surface area contributed by atoms with Gasteiger partial charge in [-0.1, -0.05) is 26.0 Å². The third-order valence-corrected chi connectivity index (χ3v) is 5.74. The topological polar surface area (TPSA) is 62.3 Å². The lowest BCUT2D eigenvalue weighted by molar-refractivity contribution is -0.137. The molecule has 1 saturated carbocycles. The molecule has 2 aliphatic rings. The van der Waals surface area contributed by atoms with Gasteiger partial charge in [-0.15, -0.1) is 0 Å². The van der Waals surface area contributed by atoms with E-state index in [-0.39, 0.29) is 23.3 Å². The third-order valence-electron chi connectivity index (χ3n) is 5.74.